The lowest BCUT2D eigenvalue weighted by Gasteiger charge is -2.38. The average molecular weight is 253 g/mol. The number of phenols is 1. The van der Waals surface area contributed by atoms with Crippen molar-refractivity contribution < 1.29 is 5.11 Å². The smallest absolute Gasteiger partial charge is 0.115 e. The SMILES string of the molecule is CC1CN(C)C(c2ccccc2)c2cc(O)ccc21. The fourth-order valence-corrected chi connectivity index (χ4v) is 3.19. The van der Waals surface area contributed by atoms with Crippen molar-refractivity contribution in [2.45, 2.75) is 18.9 Å². The van der Waals surface area contributed by atoms with Crippen molar-refractivity contribution in [1.82, 2.24) is 4.90 Å². The topological polar surface area (TPSA) is 23.5 Å². The van der Waals surface area contributed by atoms with Crippen LogP contribution in [0.15, 0.2) is 48.5 Å². The van der Waals surface area contributed by atoms with Gasteiger partial charge >= 0.3 is 0 Å². The first-order valence-electron chi connectivity index (χ1n) is 6.75. The van der Waals surface area contributed by atoms with E-state index in [0.29, 0.717) is 11.7 Å². The molecule has 2 heteroatoms. The molecule has 2 unspecified atom stereocenters. The summed E-state index contributed by atoms with van der Waals surface area (Å²) in [6.07, 6.45) is 0. The number of fused-ring (bicyclic) bond motifs is 1. The highest BCUT2D eigenvalue weighted by molar-refractivity contribution is 5.45. The highest BCUT2D eigenvalue weighted by Gasteiger charge is 2.30. The van der Waals surface area contributed by atoms with Gasteiger partial charge < -0.3 is 5.11 Å². The molecular weight excluding hydrogens is 234 g/mol. The number of aromatic hydroxyl groups is 1. The Bertz CT molecular complexity index is 579. The molecule has 2 aromatic carbocycles. The minimum absolute atomic E-state index is 0.236. The van der Waals surface area contributed by atoms with Crippen LogP contribution in [0.1, 0.15) is 35.6 Å². The molecule has 98 valence electrons. The molecule has 0 aliphatic carbocycles. The Morgan fingerprint density at radius 2 is 1.79 bits per heavy atom. The first kappa shape index (κ1) is 12.2. The molecule has 3 rings (SSSR count). The quantitative estimate of drug-likeness (QED) is 0.840. The monoisotopic (exact) mass is 253 g/mol. The largest absolute Gasteiger partial charge is 0.508 e. The van der Waals surface area contributed by atoms with E-state index in [1.54, 1.807) is 6.07 Å². The van der Waals surface area contributed by atoms with Gasteiger partial charge in [0, 0.05) is 6.54 Å². The minimum Gasteiger partial charge on any atom is -0.508 e. The molecule has 1 N–H and O–H groups in total. The van der Waals surface area contributed by atoms with Crippen molar-refractivity contribution in [1.29, 1.82) is 0 Å². The third kappa shape index (κ3) is 2.13. The maximum absolute atomic E-state index is 9.81. The van der Waals surface area contributed by atoms with Crippen LogP contribution in [0, 0.1) is 0 Å². The maximum Gasteiger partial charge on any atom is 0.115 e. The third-order valence-electron chi connectivity index (χ3n) is 4.01. The van der Waals surface area contributed by atoms with E-state index in [4.69, 9.17) is 0 Å². The predicted octanol–water partition coefficient (Wildman–Crippen LogP) is 3.53. The number of benzene rings is 2. The Hall–Kier alpha value is -1.80. The summed E-state index contributed by atoms with van der Waals surface area (Å²) in [6, 6.07) is 16.5. The molecule has 0 radical (unpaired) electrons. The van der Waals surface area contributed by atoms with Gasteiger partial charge in [0.2, 0.25) is 0 Å². The van der Waals surface area contributed by atoms with Crippen LogP contribution in [-0.2, 0) is 0 Å². The zero-order chi connectivity index (χ0) is 13.4. The summed E-state index contributed by atoms with van der Waals surface area (Å²) in [5.74, 6) is 0.850. The lowest BCUT2D eigenvalue weighted by molar-refractivity contribution is 0.243. The lowest BCUT2D eigenvalue weighted by Crippen LogP contribution is -2.34. The molecule has 2 atom stereocenters. The zero-order valence-corrected chi connectivity index (χ0v) is 11.4. The molecule has 0 amide bonds. The molecule has 19 heavy (non-hydrogen) atoms. The van der Waals surface area contributed by atoms with E-state index in [-0.39, 0.29) is 6.04 Å². The van der Waals surface area contributed by atoms with Crippen LogP contribution >= 0.6 is 0 Å². The van der Waals surface area contributed by atoms with E-state index >= 15 is 0 Å². The number of likely N-dealkylation sites (N-methyl/N-ethyl adjacent to an activating group) is 1. The number of nitrogens with zero attached hydrogens (tertiary/aromatic N) is 1. The number of phenolic OH excluding ortho intramolecular Hbond substituents is 1. The van der Waals surface area contributed by atoms with Gasteiger partial charge in [-0.3, -0.25) is 4.90 Å². The zero-order valence-electron chi connectivity index (χ0n) is 11.4. The van der Waals surface area contributed by atoms with Crippen LogP contribution in [0.5, 0.6) is 5.75 Å². The van der Waals surface area contributed by atoms with Gasteiger partial charge in [-0.25, -0.2) is 0 Å². The summed E-state index contributed by atoms with van der Waals surface area (Å²) in [7, 11) is 2.15. The van der Waals surface area contributed by atoms with Crippen LogP contribution < -0.4 is 0 Å². The van der Waals surface area contributed by atoms with Crippen molar-refractivity contribution in [2.24, 2.45) is 0 Å². The van der Waals surface area contributed by atoms with Crippen LogP contribution in [0.4, 0.5) is 0 Å². The fourth-order valence-electron chi connectivity index (χ4n) is 3.19. The van der Waals surface area contributed by atoms with Crippen LogP contribution in [0.25, 0.3) is 0 Å². The summed E-state index contributed by atoms with van der Waals surface area (Å²) in [6.45, 7) is 3.28. The van der Waals surface area contributed by atoms with Gasteiger partial charge in [-0.1, -0.05) is 43.3 Å². The van der Waals surface area contributed by atoms with Gasteiger partial charge in [0.05, 0.1) is 6.04 Å². The first-order valence-corrected chi connectivity index (χ1v) is 6.75. The summed E-state index contributed by atoms with van der Waals surface area (Å²) in [4.78, 5) is 2.36. The summed E-state index contributed by atoms with van der Waals surface area (Å²) in [5, 5.41) is 9.81. The lowest BCUT2D eigenvalue weighted by atomic mass is 9.83. The van der Waals surface area contributed by atoms with Gasteiger partial charge in [0.1, 0.15) is 5.75 Å². The Kier molecular flexibility index (Phi) is 3.03. The van der Waals surface area contributed by atoms with Crippen molar-refractivity contribution in [3.63, 3.8) is 0 Å². The molecule has 0 bridgehead atoms. The Labute approximate surface area is 114 Å². The first-order chi connectivity index (χ1) is 9.16. The van der Waals surface area contributed by atoms with E-state index in [9.17, 15) is 5.11 Å². The molecule has 2 nitrogen and oxygen atoms in total. The van der Waals surface area contributed by atoms with E-state index in [2.05, 4.69) is 49.2 Å². The second kappa shape index (κ2) is 4.71. The van der Waals surface area contributed by atoms with Gasteiger partial charge in [-0.05, 0) is 41.8 Å². The summed E-state index contributed by atoms with van der Waals surface area (Å²) >= 11 is 0. The van der Waals surface area contributed by atoms with Crippen LogP contribution in [0.3, 0.4) is 0 Å². The molecule has 2 aromatic rings. The molecule has 1 heterocycles. The second-order valence-corrected chi connectivity index (χ2v) is 5.47. The second-order valence-electron chi connectivity index (χ2n) is 5.47. The van der Waals surface area contributed by atoms with Gasteiger partial charge in [-0.2, -0.15) is 0 Å². The molecule has 1 aliphatic heterocycles. The van der Waals surface area contributed by atoms with E-state index < -0.39 is 0 Å². The number of hydrogen-bond donors (Lipinski definition) is 1. The van der Waals surface area contributed by atoms with Crippen LogP contribution in [-0.4, -0.2) is 23.6 Å². The van der Waals surface area contributed by atoms with Crippen molar-refractivity contribution in [2.75, 3.05) is 13.6 Å². The van der Waals surface area contributed by atoms with Gasteiger partial charge in [0.25, 0.3) is 0 Å². The van der Waals surface area contributed by atoms with E-state index in [1.807, 2.05) is 12.1 Å². The van der Waals surface area contributed by atoms with Crippen LogP contribution in [0.2, 0.25) is 0 Å². The fraction of sp³-hybridized carbons (Fsp3) is 0.294. The molecule has 1 aliphatic rings. The average Bonchev–Trinajstić information content (AvgIpc) is 2.39. The molecular formula is C17H19NO. The van der Waals surface area contributed by atoms with E-state index in [1.165, 1.54) is 16.7 Å². The molecule has 0 fully saturated rings. The number of rotatable bonds is 1. The Balaban J connectivity index is 2.15. The molecule has 0 saturated heterocycles. The summed E-state index contributed by atoms with van der Waals surface area (Å²) in [5.41, 5.74) is 3.86. The van der Waals surface area contributed by atoms with Gasteiger partial charge in [-0.15, -0.1) is 0 Å². The number of hydrogen-bond acceptors (Lipinski definition) is 2. The third-order valence-corrected chi connectivity index (χ3v) is 4.01. The predicted molar refractivity (Wildman–Crippen MR) is 77.4 cm³/mol. The molecule has 0 saturated carbocycles. The normalized spacial score (nSPS) is 23.1. The Morgan fingerprint density at radius 3 is 2.53 bits per heavy atom. The summed E-state index contributed by atoms with van der Waals surface area (Å²) < 4.78 is 0. The van der Waals surface area contributed by atoms with Crippen molar-refractivity contribution >= 4 is 0 Å². The molecule has 0 spiro atoms. The highest BCUT2D eigenvalue weighted by Crippen LogP contribution is 2.40. The minimum atomic E-state index is 0.236. The maximum atomic E-state index is 9.81. The van der Waals surface area contributed by atoms with Crippen molar-refractivity contribution in [3.8, 4) is 5.75 Å². The van der Waals surface area contributed by atoms with Crippen molar-refractivity contribution in [3.05, 3.63) is 65.2 Å². The molecule has 0 aromatic heterocycles. The van der Waals surface area contributed by atoms with E-state index in [0.717, 1.165) is 6.54 Å². The highest BCUT2D eigenvalue weighted by atomic mass is 16.3. The van der Waals surface area contributed by atoms with Gasteiger partial charge in [0.15, 0.2) is 0 Å². The standard InChI is InChI=1S/C17H19NO/c1-12-11-18(2)17(13-6-4-3-5-7-13)16-10-14(19)8-9-15(12)16/h3-10,12,17,19H,11H2,1-2H3. The Morgan fingerprint density at radius 1 is 1.05 bits per heavy atom.